The van der Waals surface area contributed by atoms with Gasteiger partial charge in [-0.2, -0.15) is 10.1 Å². The van der Waals surface area contributed by atoms with Crippen molar-refractivity contribution < 1.29 is 4.42 Å². The van der Waals surface area contributed by atoms with Crippen molar-refractivity contribution in [3.8, 4) is 0 Å². The lowest BCUT2D eigenvalue weighted by atomic mass is 10.1. The number of rotatable bonds is 3. The maximum absolute atomic E-state index is 11.8. The number of aromatic nitrogens is 4. The maximum atomic E-state index is 11.8. The van der Waals surface area contributed by atoms with Gasteiger partial charge in [-0.1, -0.05) is 0 Å². The summed E-state index contributed by atoms with van der Waals surface area (Å²) in [5.74, 6) is 2.11. The molecule has 0 aliphatic carbocycles. The number of aryl methyl sites for hydroxylation is 2. The number of furan rings is 1. The van der Waals surface area contributed by atoms with Crippen LogP contribution in [0.4, 0.5) is 5.95 Å². The summed E-state index contributed by atoms with van der Waals surface area (Å²) in [6.07, 6.45) is 1.46. The molecule has 7 nitrogen and oxygen atoms in total. The lowest BCUT2D eigenvalue weighted by Gasteiger charge is -2.13. The second-order valence-corrected chi connectivity index (χ2v) is 4.78. The Bertz CT molecular complexity index is 814. The van der Waals surface area contributed by atoms with E-state index in [-0.39, 0.29) is 11.6 Å². The number of anilines is 1. The normalized spacial score (nSPS) is 12.8. The molecule has 1 unspecified atom stereocenters. The first kappa shape index (κ1) is 12.5. The van der Waals surface area contributed by atoms with E-state index in [0.717, 1.165) is 17.1 Å². The Morgan fingerprint density at radius 1 is 1.40 bits per heavy atom. The van der Waals surface area contributed by atoms with Crippen molar-refractivity contribution in [2.45, 2.75) is 26.8 Å². The summed E-state index contributed by atoms with van der Waals surface area (Å²) < 4.78 is 5.51. The molecule has 0 saturated carbocycles. The van der Waals surface area contributed by atoms with Gasteiger partial charge < -0.3 is 9.73 Å². The lowest BCUT2D eigenvalue weighted by Crippen LogP contribution is -2.15. The van der Waals surface area contributed by atoms with E-state index in [1.54, 1.807) is 0 Å². The zero-order valence-electron chi connectivity index (χ0n) is 11.4. The summed E-state index contributed by atoms with van der Waals surface area (Å²) in [5.41, 5.74) is 1.27. The fraction of sp³-hybridized carbons (Fsp3) is 0.308. The molecule has 0 fully saturated rings. The molecule has 0 spiro atoms. The fourth-order valence-corrected chi connectivity index (χ4v) is 2.28. The second-order valence-electron chi connectivity index (χ2n) is 4.78. The predicted octanol–water partition coefficient (Wildman–Crippen LogP) is 2.03. The summed E-state index contributed by atoms with van der Waals surface area (Å²) in [7, 11) is 0. The molecule has 0 aliphatic heterocycles. The minimum absolute atomic E-state index is 0.0315. The van der Waals surface area contributed by atoms with Gasteiger partial charge in [0.1, 0.15) is 16.9 Å². The largest absolute Gasteiger partial charge is 0.466 e. The van der Waals surface area contributed by atoms with Crippen LogP contribution in [0.3, 0.4) is 0 Å². The molecule has 3 rings (SSSR count). The average Bonchev–Trinajstić information content (AvgIpc) is 2.95. The van der Waals surface area contributed by atoms with E-state index >= 15 is 0 Å². The number of H-pyrrole nitrogens is 2. The van der Waals surface area contributed by atoms with E-state index in [9.17, 15) is 4.79 Å². The van der Waals surface area contributed by atoms with Crippen LogP contribution in [0.2, 0.25) is 0 Å². The van der Waals surface area contributed by atoms with E-state index in [1.165, 1.54) is 6.20 Å². The summed E-state index contributed by atoms with van der Waals surface area (Å²) in [4.78, 5) is 18.8. The minimum Gasteiger partial charge on any atom is -0.466 e. The number of nitrogens with one attached hydrogen (secondary N) is 3. The molecule has 3 aromatic rings. The molecule has 0 amide bonds. The zero-order chi connectivity index (χ0) is 14.3. The summed E-state index contributed by atoms with van der Waals surface area (Å²) >= 11 is 0. The number of aromatic amines is 2. The molecular formula is C13H15N5O2. The quantitative estimate of drug-likeness (QED) is 0.678. The van der Waals surface area contributed by atoms with Crippen LogP contribution >= 0.6 is 0 Å². The third-order valence-electron chi connectivity index (χ3n) is 3.22. The van der Waals surface area contributed by atoms with Gasteiger partial charge in [-0.25, -0.2) is 0 Å². The first-order chi connectivity index (χ1) is 9.54. The van der Waals surface area contributed by atoms with Gasteiger partial charge >= 0.3 is 0 Å². The van der Waals surface area contributed by atoms with Crippen LogP contribution in [0.15, 0.2) is 21.5 Å². The molecule has 104 valence electrons. The molecule has 0 aliphatic rings. The summed E-state index contributed by atoms with van der Waals surface area (Å²) in [6, 6.07) is 1.94. The Labute approximate surface area is 114 Å². The van der Waals surface area contributed by atoms with E-state index in [1.807, 2.05) is 26.8 Å². The molecule has 7 heteroatoms. The van der Waals surface area contributed by atoms with Crippen molar-refractivity contribution in [3.05, 3.63) is 39.7 Å². The number of fused-ring (bicyclic) bond motifs is 1. The zero-order valence-corrected chi connectivity index (χ0v) is 11.4. The smallest absolute Gasteiger partial charge is 0.263 e. The first-order valence-corrected chi connectivity index (χ1v) is 6.31. The fourth-order valence-electron chi connectivity index (χ4n) is 2.28. The highest BCUT2D eigenvalue weighted by Gasteiger charge is 2.14. The number of hydrogen-bond donors (Lipinski definition) is 3. The lowest BCUT2D eigenvalue weighted by molar-refractivity contribution is 0.499. The van der Waals surface area contributed by atoms with Crippen LogP contribution < -0.4 is 10.9 Å². The maximum Gasteiger partial charge on any atom is 0.263 e. The highest BCUT2D eigenvalue weighted by Crippen LogP contribution is 2.23. The summed E-state index contributed by atoms with van der Waals surface area (Å²) in [5, 5.41) is 10.1. The summed E-state index contributed by atoms with van der Waals surface area (Å²) in [6.45, 7) is 5.79. The van der Waals surface area contributed by atoms with Gasteiger partial charge in [0.2, 0.25) is 5.95 Å². The standard InChI is InChI=1S/C13H15N5O2/c1-6-4-9(8(3)20-6)7(2)15-13-16-11-10(5-14-18-11)12(19)17-13/h4-5,7H,1-3H3,(H3,14,15,16,17,18,19). The third kappa shape index (κ3) is 2.07. The Hall–Kier alpha value is -2.57. The monoisotopic (exact) mass is 273 g/mol. The van der Waals surface area contributed by atoms with Crippen LogP contribution in [-0.4, -0.2) is 20.2 Å². The number of nitrogens with zero attached hydrogens (tertiary/aromatic N) is 2. The molecular weight excluding hydrogens is 258 g/mol. The van der Waals surface area contributed by atoms with Gasteiger partial charge in [0.15, 0.2) is 5.65 Å². The number of hydrogen-bond acceptors (Lipinski definition) is 5. The van der Waals surface area contributed by atoms with Crippen LogP contribution in [0.5, 0.6) is 0 Å². The molecule has 1 atom stereocenters. The van der Waals surface area contributed by atoms with Crippen molar-refractivity contribution in [1.82, 2.24) is 20.2 Å². The minimum atomic E-state index is -0.224. The molecule has 0 aromatic carbocycles. The molecule has 3 aromatic heterocycles. The Balaban J connectivity index is 1.92. The molecule has 0 saturated heterocycles. The van der Waals surface area contributed by atoms with Crippen molar-refractivity contribution in [2.24, 2.45) is 0 Å². The Kier molecular flexibility index (Phi) is 2.81. The molecule has 20 heavy (non-hydrogen) atoms. The average molecular weight is 273 g/mol. The van der Waals surface area contributed by atoms with E-state index in [2.05, 4.69) is 25.5 Å². The van der Waals surface area contributed by atoms with Gasteiger partial charge in [-0.3, -0.25) is 14.9 Å². The van der Waals surface area contributed by atoms with Crippen molar-refractivity contribution >= 4 is 17.0 Å². The van der Waals surface area contributed by atoms with Crippen molar-refractivity contribution in [1.29, 1.82) is 0 Å². The highest BCUT2D eigenvalue weighted by molar-refractivity contribution is 5.73. The Morgan fingerprint density at radius 2 is 2.20 bits per heavy atom. The van der Waals surface area contributed by atoms with Gasteiger partial charge in [-0.05, 0) is 26.8 Å². The van der Waals surface area contributed by atoms with Gasteiger partial charge in [0.05, 0.1) is 12.2 Å². The topological polar surface area (TPSA) is 99.6 Å². The molecule has 0 bridgehead atoms. The van der Waals surface area contributed by atoms with Crippen LogP contribution in [-0.2, 0) is 0 Å². The van der Waals surface area contributed by atoms with Gasteiger partial charge in [0.25, 0.3) is 5.56 Å². The van der Waals surface area contributed by atoms with Crippen molar-refractivity contribution in [3.63, 3.8) is 0 Å². The SMILES string of the molecule is Cc1cc(C(C)Nc2nc3[nH]ncc3c(=O)[nH]2)c(C)o1. The van der Waals surface area contributed by atoms with E-state index in [0.29, 0.717) is 17.0 Å². The van der Waals surface area contributed by atoms with Gasteiger partial charge in [-0.15, -0.1) is 0 Å². The van der Waals surface area contributed by atoms with E-state index < -0.39 is 0 Å². The van der Waals surface area contributed by atoms with Gasteiger partial charge in [0, 0.05) is 5.56 Å². The Morgan fingerprint density at radius 3 is 2.90 bits per heavy atom. The van der Waals surface area contributed by atoms with E-state index in [4.69, 9.17) is 4.42 Å². The first-order valence-electron chi connectivity index (χ1n) is 6.31. The second kappa shape index (κ2) is 4.52. The van der Waals surface area contributed by atoms with Crippen LogP contribution in [0.25, 0.3) is 11.0 Å². The van der Waals surface area contributed by atoms with Crippen LogP contribution in [0.1, 0.15) is 30.0 Å². The molecule has 0 radical (unpaired) electrons. The molecule has 3 N–H and O–H groups in total. The highest BCUT2D eigenvalue weighted by atomic mass is 16.3. The predicted molar refractivity (Wildman–Crippen MR) is 74.7 cm³/mol. The third-order valence-corrected chi connectivity index (χ3v) is 3.22. The van der Waals surface area contributed by atoms with Crippen LogP contribution in [0, 0.1) is 13.8 Å². The molecule has 3 heterocycles. The van der Waals surface area contributed by atoms with Crippen molar-refractivity contribution in [2.75, 3.05) is 5.32 Å².